The van der Waals surface area contributed by atoms with Crippen LogP contribution in [0, 0.1) is 10.9 Å². The Kier molecular flexibility index (Phi) is 4.19. The lowest BCUT2D eigenvalue weighted by Gasteiger charge is -2.00. The van der Waals surface area contributed by atoms with E-state index in [2.05, 4.69) is 10.5 Å². The maximum absolute atomic E-state index is 12.1. The van der Waals surface area contributed by atoms with E-state index in [1.54, 1.807) is 6.21 Å². The molecule has 2 heterocycles. The SMILES string of the molecule is Cc1c(C(=O)NN=Cc2ccc3c(c2)COC3)sc(=S)n1C. The van der Waals surface area contributed by atoms with E-state index in [1.807, 2.05) is 36.7 Å². The predicted molar refractivity (Wildman–Crippen MR) is 88.9 cm³/mol. The Morgan fingerprint density at radius 1 is 1.45 bits per heavy atom. The van der Waals surface area contributed by atoms with Gasteiger partial charge >= 0.3 is 0 Å². The first kappa shape index (κ1) is 15.1. The molecule has 0 unspecified atom stereocenters. The predicted octanol–water partition coefficient (Wildman–Crippen LogP) is 2.92. The summed E-state index contributed by atoms with van der Waals surface area (Å²) < 4.78 is 7.86. The van der Waals surface area contributed by atoms with Crippen LogP contribution < -0.4 is 5.43 Å². The van der Waals surface area contributed by atoms with Gasteiger partial charge in [-0.2, -0.15) is 5.10 Å². The molecule has 0 aliphatic carbocycles. The highest BCUT2D eigenvalue weighted by Gasteiger charge is 2.14. The normalized spacial score (nSPS) is 13.5. The minimum absolute atomic E-state index is 0.241. The Morgan fingerprint density at radius 2 is 2.23 bits per heavy atom. The van der Waals surface area contributed by atoms with Crippen molar-refractivity contribution in [3.8, 4) is 0 Å². The number of benzene rings is 1. The number of carbonyl (C=O) groups excluding carboxylic acids is 1. The second-order valence-corrected chi connectivity index (χ2v) is 6.71. The Morgan fingerprint density at radius 3 is 2.95 bits per heavy atom. The lowest BCUT2D eigenvalue weighted by atomic mass is 10.1. The van der Waals surface area contributed by atoms with Gasteiger partial charge in [0.2, 0.25) is 0 Å². The highest BCUT2D eigenvalue weighted by atomic mass is 32.1. The fourth-order valence-corrected chi connectivity index (χ4v) is 3.48. The van der Waals surface area contributed by atoms with E-state index < -0.39 is 0 Å². The molecule has 0 fully saturated rings. The van der Waals surface area contributed by atoms with Crippen LogP contribution in [0.25, 0.3) is 0 Å². The molecule has 0 radical (unpaired) electrons. The molecule has 1 amide bonds. The van der Waals surface area contributed by atoms with E-state index >= 15 is 0 Å². The fraction of sp³-hybridized carbons (Fsp3) is 0.267. The van der Waals surface area contributed by atoms with Gasteiger partial charge in [0.05, 0.1) is 19.4 Å². The van der Waals surface area contributed by atoms with Crippen molar-refractivity contribution in [2.24, 2.45) is 12.1 Å². The Hall–Kier alpha value is -1.83. The summed E-state index contributed by atoms with van der Waals surface area (Å²) in [6, 6.07) is 6.01. The molecule has 1 aromatic carbocycles. The molecule has 3 rings (SSSR count). The zero-order chi connectivity index (χ0) is 15.7. The summed E-state index contributed by atoms with van der Waals surface area (Å²) in [6.07, 6.45) is 1.63. The lowest BCUT2D eigenvalue weighted by molar-refractivity contribution is 0.0958. The van der Waals surface area contributed by atoms with Crippen molar-refractivity contribution < 1.29 is 9.53 Å². The molecule has 1 aliphatic rings. The van der Waals surface area contributed by atoms with E-state index in [0.717, 1.165) is 11.3 Å². The van der Waals surface area contributed by atoms with Gasteiger partial charge in [0, 0.05) is 12.7 Å². The highest BCUT2D eigenvalue weighted by molar-refractivity contribution is 7.73. The molecule has 5 nitrogen and oxygen atoms in total. The minimum Gasteiger partial charge on any atom is -0.372 e. The number of ether oxygens (including phenoxy) is 1. The van der Waals surface area contributed by atoms with Crippen molar-refractivity contribution in [2.75, 3.05) is 0 Å². The van der Waals surface area contributed by atoms with Crippen molar-refractivity contribution in [3.63, 3.8) is 0 Å². The van der Waals surface area contributed by atoms with Gasteiger partial charge in [-0.05, 0) is 41.9 Å². The molecular formula is C15H15N3O2S2. The standard InChI is InChI=1S/C15H15N3O2S2/c1-9-13(22-15(21)18(9)2)14(19)17-16-6-10-3-4-11-7-20-8-12(11)5-10/h3-6H,7-8H2,1-2H3,(H,17,19). The van der Waals surface area contributed by atoms with Gasteiger partial charge in [-0.3, -0.25) is 4.79 Å². The number of hydrogen-bond donors (Lipinski definition) is 1. The zero-order valence-electron chi connectivity index (χ0n) is 12.3. The van der Waals surface area contributed by atoms with Crippen molar-refractivity contribution in [1.82, 2.24) is 9.99 Å². The minimum atomic E-state index is -0.241. The molecule has 114 valence electrons. The number of aromatic nitrogens is 1. The zero-order valence-corrected chi connectivity index (χ0v) is 13.9. The second-order valence-electron chi connectivity index (χ2n) is 5.06. The summed E-state index contributed by atoms with van der Waals surface area (Å²) in [5.74, 6) is -0.241. The number of thiazole rings is 1. The number of nitrogens with one attached hydrogen (secondary N) is 1. The van der Waals surface area contributed by atoms with Gasteiger partial charge in [0.25, 0.3) is 5.91 Å². The van der Waals surface area contributed by atoms with Gasteiger partial charge in [-0.1, -0.05) is 23.5 Å². The van der Waals surface area contributed by atoms with Crippen molar-refractivity contribution in [1.29, 1.82) is 0 Å². The van der Waals surface area contributed by atoms with Gasteiger partial charge in [0.15, 0.2) is 3.95 Å². The first-order chi connectivity index (χ1) is 10.6. The second kappa shape index (κ2) is 6.12. The average Bonchev–Trinajstić information content (AvgIpc) is 3.07. The summed E-state index contributed by atoms with van der Waals surface area (Å²) in [6.45, 7) is 3.17. The number of nitrogens with zero attached hydrogens (tertiary/aromatic N) is 2. The van der Waals surface area contributed by atoms with E-state index in [-0.39, 0.29) is 5.91 Å². The number of amides is 1. The van der Waals surface area contributed by atoms with E-state index in [1.165, 1.54) is 22.5 Å². The summed E-state index contributed by atoms with van der Waals surface area (Å²) in [7, 11) is 1.85. The fourth-order valence-electron chi connectivity index (χ4n) is 2.22. The van der Waals surface area contributed by atoms with Gasteiger partial charge in [-0.25, -0.2) is 5.43 Å². The largest absolute Gasteiger partial charge is 0.372 e. The number of fused-ring (bicyclic) bond motifs is 1. The number of rotatable bonds is 3. The van der Waals surface area contributed by atoms with Crippen LogP contribution in [0.2, 0.25) is 0 Å². The van der Waals surface area contributed by atoms with Crippen LogP contribution in [0.1, 0.15) is 32.1 Å². The maximum atomic E-state index is 12.1. The summed E-state index contributed by atoms with van der Waals surface area (Å²) in [5.41, 5.74) is 6.71. The van der Waals surface area contributed by atoms with Crippen LogP contribution in [-0.4, -0.2) is 16.7 Å². The van der Waals surface area contributed by atoms with Crippen molar-refractivity contribution in [3.05, 3.63) is 49.4 Å². The smallest absolute Gasteiger partial charge is 0.283 e. The van der Waals surface area contributed by atoms with Crippen molar-refractivity contribution in [2.45, 2.75) is 20.1 Å². The monoisotopic (exact) mass is 333 g/mol. The third-order valence-electron chi connectivity index (χ3n) is 3.63. The quantitative estimate of drug-likeness (QED) is 0.534. The van der Waals surface area contributed by atoms with Gasteiger partial charge < -0.3 is 9.30 Å². The first-order valence-electron chi connectivity index (χ1n) is 6.75. The van der Waals surface area contributed by atoms with Crippen molar-refractivity contribution >= 4 is 35.7 Å². The van der Waals surface area contributed by atoms with E-state index in [4.69, 9.17) is 17.0 Å². The Bertz CT molecular complexity index is 821. The molecule has 0 spiro atoms. The summed E-state index contributed by atoms with van der Waals surface area (Å²) in [5, 5.41) is 4.02. The molecule has 1 aromatic heterocycles. The molecular weight excluding hydrogens is 318 g/mol. The molecule has 0 saturated carbocycles. The summed E-state index contributed by atoms with van der Waals surface area (Å²) in [4.78, 5) is 12.7. The van der Waals surface area contributed by atoms with Gasteiger partial charge in [0.1, 0.15) is 4.88 Å². The third kappa shape index (κ3) is 2.87. The van der Waals surface area contributed by atoms with Crippen LogP contribution in [-0.2, 0) is 25.0 Å². The molecule has 0 atom stereocenters. The molecule has 0 saturated heterocycles. The van der Waals surface area contributed by atoms with E-state index in [0.29, 0.717) is 22.0 Å². The third-order valence-corrected chi connectivity index (χ3v) is 5.28. The topological polar surface area (TPSA) is 55.6 Å². The average molecular weight is 333 g/mol. The molecule has 7 heteroatoms. The molecule has 2 aromatic rings. The number of carbonyl (C=O) groups is 1. The van der Waals surface area contributed by atoms with Gasteiger partial charge in [-0.15, -0.1) is 0 Å². The number of hydrazone groups is 1. The highest BCUT2D eigenvalue weighted by Crippen LogP contribution is 2.20. The molecule has 1 aliphatic heterocycles. The first-order valence-corrected chi connectivity index (χ1v) is 7.98. The number of hydrogen-bond acceptors (Lipinski definition) is 5. The van der Waals surface area contributed by atoms with Crippen LogP contribution in [0.15, 0.2) is 23.3 Å². The van der Waals surface area contributed by atoms with Crippen LogP contribution in [0.4, 0.5) is 0 Å². The molecule has 1 N–H and O–H groups in total. The Balaban J connectivity index is 1.70. The van der Waals surface area contributed by atoms with Crippen LogP contribution in [0.3, 0.4) is 0 Å². The summed E-state index contributed by atoms with van der Waals surface area (Å²) >= 11 is 6.45. The Labute approximate surface area is 137 Å². The van der Waals surface area contributed by atoms with E-state index in [9.17, 15) is 4.79 Å². The molecule has 22 heavy (non-hydrogen) atoms. The molecule has 0 bridgehead atoms. The maximum Gasteiger partial charge on any atom is 0.283 e. The lowest BCUT2D eigenvalue weighted by Crippen LogP contribution is -2.17. The van der Waals surface area contributed by atoms with Crippen LogP contribution >= 0.6 is 23.6 Å². The van der Waals surface area contributed by atoms with Crippen LogP contribution in [0.5, 0.6) is 0 Å².